The van der Waals surface area contributed by atoms with Crippen molar-refractivity contribution in [3.05, 3.63) is 20.8 Å². The van der Waals surface area contributed by atoms with Crippen LogP contribution in [0.1, 0.15) is 50.3 Å². The minimum atomic E-state index is 0.658. The minimum Gasteiger partial charge on any atom is -0.314 e. The van der Waals surface area contributed by atoms with Crippen LogP contribution in [0.15, 0.2) is 15.9 Å². The van der Waals surface area contributed by atoms with Gasteiger partial charge in [0.2, 0.25) is 0 Å². The third kappa shape index (κ3) is 4.36. The number of halogens is 1. The third-order valence-electron chi connectivity index (χ3n) is 4.01. The highest BCUT2D eigenvalue weighted by atomic mass is 79.9. The van der Waals surface area contributed by atoms with E-state index in [1.54, 1.807) is 0 Å². The first-order valence-corrected chi connectivity index (χ1v) is 8.92. The summed E-state index contributed by atoms with van der Waals surface area (Å²) in [5.74, 6) is 1.01. The van der Waals surface area contributed by atoms with Crippen molar-refractivity contribution in [1.29, 1.82) is 0 Å². The molecule has 2 rings (SSSR count). The molecule has 1 unspecified atom stereocenters. The van der Waals surface area contributed by atoms with Gasteiger partial charge in [0.25, 0.3) is 0 Å². The van der Waals surface area contributed by atoms with Gasteiger partial charge < -0.3 is 5.32 Å². The summed E-state index contributed by atoms with van der Waals surface area (Å²) in [5, 5.41) is 5.84. The van der Waals surface area contributed by atoms with Crippen LogP contribution in [0.5, 0.6) is 0 Å². The molecular weight excluding hydrogens is 306 g/mol. The zero-order chi connectivity index (χ0) is 12.8. The summed E-state index contributed by atoms with van der Waals surface area (Å²) >= 11 is 5.52. The predicted octanol–water partition coefficient (Wildman–Crippen LogP) is 5.00. The van der Waals surface area contributed by atoms with Crippen molar-refractivity contribution in [2.75, 3.05) is 6.54 Å². The van der Waals surface area contributed by atoms with Crippen molar-refractivity contribution in [2.45, 2.75) is 57.9 Å². The SMILES string of the molecule is CCNC(CCC1CCCC1)Cc1sccc1Br. The molecule has 0 bridgehead atoms. The van der Waals surface area contributed by atoms with Gasteiger partial charge >= 0.3 is 0 Å². The molecule has 1 saturated carbocycles. The summed E-state index contributed by atoms with van der Waals surface area (Å²) in [5.41, 5.74) is 0. The molecule has 0 radical (unpaired) electrons. The fourth-order valence-electron chi connectivity index (χ4n) is 3.00. The minimum absolute atomic E-state index is 0.658. The van der Waals surface area contributed by atoms with Crippen LogP contribution in [0, 0.1) is 5.92 Å². The maximum atomic E-state index is 3.66. The van der Waals surface area contributed by atoms with Gasteiger partial charge in [-0.3, -0.25) is 0 Å². The summed E-state index contributed by atoms with van der Waals surface area (Å²) in [4.78, 5) is 1.49. The Bertz CT molecular complexity index is 344. The van der Waals surface area contributed by atoms with Crippen LogP contribution in [-0.4, -0.2) is 12.6 Å². The lowest BCUT2D eigenvalue weighted by atomic mass is 9.97. The summed E-state index contributed by atoms with van der Waals surface area (Å²) in [7, 11) is 0. The molecule has 0 aliphatic heterocycles. The molecule has 0 amide bonds. The van der Waals surface area contributed by atoms with E-state index in [9.17, 15) is 0 Å². The lowest BCUT2D eigenvalue weighted by Crippen LogP contribution is -2.31. The normalized spacial score (nSPS) is 18.3. The Morgan fingerprint density at radius 3 is 2.83 bits per heavy atom. The molecule has 1 nitrogen and oxygen atoms in total. The maximum absolute atomic E-state index is 3.66. The Kier molecular flexibility index (Phi) is 6.19. The first-order chi connectivity index (χ1) is 8.79. The van der Waals surface area contributed by atoms with Gasteiger partial charge in [-0.05, 0) is 59.1 Å². The van der Waals surface area contributed by atoms with Gasteiger partial charge in [0.15, 0.2) is 0 Å². The van der Waals surface area contributed by atoms with Crippen molar-refractivity contribution in [3.8, 4) is 0 Å². The monoisotopic (exact) mass is 329 g/mol. The van der Waals surface area contributed by atoms with Crippen molar-refractivity contribution < 1.29 is 0 Å². The van der Waals surface area contributed by atoms with E-state index in [-0.39, 0.29) is 0 Å². The van der Waals surface area contributed by atoms with Gasteiger partial charge in [0.1, 0.15) is 0 Å². The van der Waals surface area contributed by atoms with Crippen LogP contribution in [-0.2, 0) is 6.42 Å². The van der Waals surface area contributed by atoms with Crippen molar-refractivity contribution in [2.24, 2.45) is 5.92 Å². The summed E-state index contributed by atoms with van der Waals surface area (Å²) in [6, 6.07) is 2.82. The standard InChI is InChI=1S/C15H24BrNS/c1-2-17-13(8-7-12-5-3-4-6-12)11-15-14(16)9-10-18-15/h9-10,12-13,17H,2-8,11H2,1H3. The molecule has 1 aliphatic carbocycles. The Morgan fingerprint density at radius 1 is 1.44 bits per heavy atom. The second-order valence-corrected chi connectivity index (χ2v) is 7.23. The van der Waals surface area contributed by atoms with Gasteiger partial charge in [0, 0.05) is 15.4 Å². The molecule has 0 saturated heterocycles. The maximum Gasteiger partial charge on any atom is 0.0314 e. The first kappa shape index (κ1) is 14.5. The lowest BCUT2D eigenvalue weighted by molar-refractivity contribution is 0.408. The molecule has 0 spiro atoms. The summed E-state index contributed by atoms with van der Waals surface area (Å²) < 4.78 is 1.29. The van der Waals surface area contributed by atoms with Crippen LogP contribution < -0.4 is 5.32 Å². The van der Waals surface area contributed by atoms with E-state index in [0.29, 0.717) is 6.04 Å². The van der Waals surface area contributed by atoms with Crippen LogP contribution in [0.4, 0.5) is 0 Å². The van der Waals surface area contributed by atoms with Gasteiger partial charge in [-0.1, -0.05) is 32.6 Å². The van der Waals surface area contributed by atoms with Gasteiger partial charge in [-0.25, -0.2) is 0 Å². The number of hydrogen-bond donors (Lipinski definition) is 1. The zero-order valence-electron chi connectivity index (χ0n) is 11.3. The molecule has 1 heterocycles. The van der Waals surface area contributed by atoms with Crippen LogP contribution in [0.25, 0.3) is 0 Å². The van der Waals surface area contributed by atoms with E-state index < -0.39 is 0 Å². The Hall–Kier alpha value is 0.140. The molecule has 3 heteroatoms. The van der Waals surface area contributed by atoms with Crippen molar-refractivity contribution in [1.82, 2.24) is 5.32 Å². The molecule has 1 N–H and O–H groups in total. The van der Waals surface area contributed by atoms with Crippen LogP contribution in [0.3, 0.4) is 0 Å². The second-order valence-electron chi connectivity index (χ2n) is 5.38. The molecular formula is C15H24BrNS. The van der Waals surface area contributed by atoms with Gasteiger partial charge in [-0.15, -0.1) is 11.3 Å². The molecule has 1 fully saturated rings. The van der Waals surface area contributed by atoms with Crippen molar-refractivity contribution >= 4 is 27.3 Å². The number of likely N-dealkylation sites (N-methyl/N-ethyl adjacent to an activating group) is 1. The molecule has 1 aromatic rings. The Morgan fingerprint density at radius 2 is 2.22 bits per heavy atom. The molecule has 0 aromatic carbocycles. The number of hydrogen-bond acceptors (Lipinski definition) is 2. The average molecular weight is 330 g/mol. The largest absolute Gasteiger partial charge is 0.314 e. The van der Waals surface area contributed by atoms with Crippen molar-refractivity contribution in [3.63, 3.8) is 0 Å². The fraction of sp³-hybridized carbons (Fsp3) is 0.733. The topological polar surface area (TPSA) is 12.0 Å². The van der Waals surface area contributed by atoms with E-state index in [4.69, 9.17) is 0 Å². The average Bonchev–Trinajstić information content (AvgIpc) is 2.99. The third-order valence-corrected chi connectivity index (χ3v) is 5.96. The molecule has 102 valence electrons. The lowest BCUT2D eigenvalue weighted by Gasteiger charge is -2.19. The number of nitrogens with one attached hydrogen (secondary N) is 1. The summed E-state index contributed by atoms with van der Waals surface area (Å²) in [6.45, 7) is 3.30. The highest BCUT2D eigenvalue weighted by molar-refractivity contribution is 9.10. The van der Waals surface area contributed by atoms with E-state index in [1.807, 2.05) is 11.3 Å². The summed E-state index contributed by atoms with van der Waals surface area (Å²) in [6.07, 6.45) is 9.81. The van der Waals surface area contributed by atoms with E-state index >= 15 is 0 Å². The predicted molar refractivity (Wildman–Crippen MR) is 84.4 cm³/mol. The highest BCUT2D eigenvalue weighted by Gasteiger charge is 2.18. The second kappa shape index (κ2) is 7.66. The molecule has 1 atom stereocenters. The van der Waals surface area contributed by atoms with Gasteiger partial charge in [0.05, 0.1) is 0 Å². The smallest absolute Gasteiger partial charge is 0.0314 e. The fourth-order valence-corrected chi connectivity index (χ4v) is 4.59. The molecule has 1 aliphatic rings. The number of thiophene rings is 1. The van der Waals surface area contributed by atoms with Crippen LogP contribution in [0.2, 0.25) is 0 Å². The molecule has 1 aromatic heterocycles. The first-order valence-electron chi connectivity index (χ1n) is 7.24. The Labute approximate surface area is 123 Å². The Balaban J connectivity index is 1.81. The van der Waals surface area contributed by atoms with Gasteiger partial charge in [-0.2, -0.15) is 0 Å². The zero-order valence-corrected chi connectivity index (χ0v) is 13.7. The molecule has 18 heavy (non-hydrogen) atoms. The highest BCUT2D eigenvalue weighted by Crippen LogP contribution is 2.30. The van der Waals surface area contributed by atoms with Crippen LogP contribution >= 0.6 is 27.3 Å². The van der Waals surface area contributed by atoms with E-state index in [0.717, 1.165) is 12.5 Å². The van der Waals surface area contributed by atoms with E-state index in [2.05, 4.69) is 39.6 Å². The quantitative estimate of drug-likeness (QED) is 0.742. The number of rotatable bonds is 7. The van der Waals surface area contributed by atoms with E-state index in [1.165, 1.54) is 54.3 Å².